The van der Waals surface area contributed by atoms with Crippen molar-refractivity contribution in [1.82, 2.24) is 25.1 Å². The summed E-state index contributed by atoms with van der Waals surface area (Å²) in [6, 6.07) is 13.3. The van der Waals surface area contributed by atoms with Crippen molar-refractivity contribution in [1.29, 1.82) is 0 Å². The minimum absolute atomic E-state index is 0.104. The molecule has 3 aromatic heterocycles. The molecule has 0 unspecified atom stereocenters. The number of benzene rings is 1. The van der Waals surface area contributed by atoms with Gasteiger partial charge in [-0.25, -0.2) is 14.6 Å². The maximum atomic E-state index is 12.4. The van der Waals surface area contributed by atoms with Crippen LogP contribution in [0, 0.1) is 6.92 Å². The Balaban J connectivity index is 1.29. The molecular weight excluding hydrogens is 402 g/mol. The van der Waals surface area contributed by atoms with Gasteiger partial charge in [-0.15, -0.1) is 23.1 Å². The quantitative estimate of drug-likeness (QED) is 0.452. The molecule has 0 aliphatic heterocycles. The molecule has 0 aliphatic rings. The number of hydrogen-bond acceptors (Lipinski definition) is 6. The molecule has 0 fully saturated rings. The van der Waals surface area contributed by atoms with E-state index in [9.17, 15) is 4.79 Å². The highest BCUT2D eigenvalue weighted by atomic mass is 32.2. The summed E-state index contributed by atoms with van der Waals surface area (Å²) in [7, 11) is 0. The highest BCUT2D eigenvalue weighted by molar-refractivity contribution is 7.98. The monoisotopic (exact) mass is 421 g/mol. The highest BCUT2D eigenvalue weighted by Gasteiger charge is 2.07. The maximum Gasteiger partial charge on any atom is 0.251 e. The standard InChI is InChI=1S/C21H19N5OS2/c1-15-25-18(13-28-15)14-29-19-6-4-17(5-7-19)21(27)23-12-16-3-8-20(22-11-16)26-10-2-9-24-26/h2-11,13H,12,14H2,1H3,(H,23,27). The Kier molecular flexibility index (Phi) is 6.02. The van der Waals surface area contributed by atoms with Gasteiger partial charge < -0.3 is 5.32 Å². The van der Waals surface area contributed by atoms with Crippen LogP contribution in [0.15, 0.2) is 71.3 Å². The van der Waals surface area contributed by atoms with Gasteiger partial charge in [-0.1, -0.05) is 6.07 Å². The topological polar surface area (TPSA) is 72.7 Å². The molecule has 8 heteroatoms. The number of nitrogens with zero attached hydrogens (tertiary/aromatic N) is 4. The normalized spacial score (nSPS) is 10.8. The Morgan fingerprint density at radius 3 is 2.72 bits per heavy atom. The van der Waals surface area contributed by atoms with Crippen LogP contribution in [0.2, 0.25) is 0 Å². The van der Waals surface area contributed by atoms with E-state index in [2.05, 4.69) is 25.8 Å². The lowest BCUT2D eigenvalue weighted by Crippen LogP contribution is -2.22. The molecule has 1 aromatic carbocycles. The van der Waals surface area contributed by atoms with Gasteiger partial charge in [0, 0.05) is 46.7 Å². The molecule has 6 nitrogen and oxygen atoms in total. The van der Waals surface area contributed by atoms with Crippen molar-refractivity contribution in [3.8, 4) is 5.82 Å². The lowest BCUT2D eigenvalue weighted by atomic mass is 10.2. The van der Waals surface area contributed by atoms with Crippen LogP contribution in [0.3, 0.4) is 0 Å². The Labute approximate surface area is 177 Å². The fourth-order valence-electron chi connectivity index (χ4n) is 2.68. The third kappa shape index (κ3) is 5.10. The largest absolute Gasteiger partial charge is 0.348 e. The summed E-state index contributed by atoms with van der Waals surface area (Å²) in [5.74, 6) is 1.47. The molecule has 4 rings (SSSR count). The number of aryl methyl sites for hydroxylation is 1. The van der Waals surface area contributed by atoms with Crippen LogP contribution in [-0.4, -0.2) is 25.7 Å². The van der Waals surface area contributed by atoms with Crippen LogP contribution in [0.4, 0.5) is 0 Å². The molecule has 0 bridgehead atoms. The number of carbonyl (C=O) groups excluding carboxylic acids is 1. The van der Waals surface area contributed by atoms with Gasteiger partial charge in [0.25, 0.3) is 5.91 Å². The summed E-state index contributed by atoms with van der Waals surface area (Å²) in [6.45, 7) is 2.43. The lowest BCUT2D eigenvalue weighted by Gasteiger charge is -2.07. The van der Waals surface area contributed by atoms with E-state index in [1.165, 1.54) is 0 Å². The minimum Gasteiger partial charge on any atom is -0.348 e. The van der Waals surface area contributed by atoms with Crippen molar-refractivity contribution in [3.63, 3.8) is 0 Å². The van der Waals surface area contributed by atoms with Crippen molar-refractivity contribution in [2.75, 3.05) is 0 Å². The number of thiazole rings is 1. The first-order valence-electron chi connectivity index (χ1n) is 9.04. The second-order valence-corrected chi connectivity index (χ2v) is 8.44. The zero-order chi connectivity index (χ0) is 20.1. The van der Waals surface area contributed by atoms with Crippen LogP contribution in [0.5, 0.6) is 0 Å². The average Bonchev–Trinajstić information content (AvgIpc) is 3.43. The summed E-state index contributed by atoms with van der Waals surface area (Å²) >= 11 is 3.38. The number of hydrogen-bond donors (Lipinski definition) is 1. The van der Waals surface area contributed by atoms with E-state index in [0.717, 1.165) is 32.7 Å². The molecule has 3 heterocycles. The molecule has 0 aliphatic carbocycles. The SMILES string of the molecule is Cc1nc(CSc2ccc(C(=O)NCc3ccc(-n4cccn4)nc3)cc2)cs1. The van der Waals surface area contributed by atoms with Gasteiger partial charge in [-0.2, -0.15) is 5.10 Å². The van der Waals surface area contributed by atoms with Crippen molar-refractivity contribution < 1.29 is 4.79 Å². The molecule has 0 saturated carbocycles. The predicted molar refractivity (Wildman–Crippen MR) is 115 cm³/mol. The molecule has 0 atom stereocenters. The second kappa shape index (κ2) is 9.02. The minimum atomic E-state index is -0.104. The van der Waals surface area contributed by atoms with Crippen LogP contribution >= 0.6 is 23.1 Å². The van der Waals surface area contributed by atoms with Crippen molar-refractivity contribution in [2.24, 2.45) is 0 Å². The third-order valence-electron chi connectivity index (χ3n) is 4.17. The molecule has 146 valence electrons. The number of rotatable bonds is 7. The van der Waals surface area contributed by atoms with Crippen molar-refractivity contribution in [2.45, 2.75) is 24.1 Å². The van der Waals surface area contributed by atoms with Gasteiger partial charge in [-0.3, -0.25) is 4.79 Å². The zero-order valence-corrected chi connectivity index (χ0v) is 17.4. The van der Waals surface area contributed by atoms with Crippen molar-refractivity contribution in [3.05, 3.63) is 88.3 Å². The van der Waals surface area contributed by atoms with Gasteiger partial charge in [0.15, 0.2) is 5.82 Å². The van der Waals surface area contributed by atoms with Gasteiger partial charge in [0.2, 0.25) is 0 Å². The van der Waals surface area contributed by atoms with E-state index in [0.29, 0.717) is 12.1 Å². The number of carbonyl (C=O) groups is 1. The molecule has 0 spiro atoms. The number of nitrogens with one attached hydrogen (secondary N) is 1. The van der Waals surface area contributed by atoms with E-state index >= 15 is 0 Å². The molecule has 0 saturated heterocycles. The third-order valence-corrected chi connectivity index (χ3v) is 6.04. The van der Waals surface area contributed by atoms with Gasteiger partial charge >= 0.3 is 0 Å². The average molecular weight is 422 g/mol. The van der Waals surface area contributed by atoms with Gasteiger partial charge in [-0.05, 0) is 48.9 Å². The Hall–Kier alpha value is -2.97. The van der Waals surface area contributed by atoms with E-state index < -0.39 is 0 Å². The van der Waals surface area contributed by atoms with E-state index in [-0.39, 0.29) is 5.91 Å². The second-order valence-electron chi connectivity index (χ2n) is 6.33. The van der Waals surface area contributed by atoms with Crippen LogP contribution in [0.25, 0.3) is 5.82 Å². The summed E-state index contributed by atoms with van der Waals surface area (Å²) in [5.41, 5.74) is 2.66. The first kappa shape index (κ1) is 19.4. The lowest BCUT2D eigenvalue weighted by molar-refractivity contribution is 0.0951. The fraction of sp³-hybridized carbons (Fsp3) is 0.143. The van der Waals surface area contributed by atoms with Gasteiger partial charge in [0.05, 0.1) is 10.7 Å². The van der Waals surface area contributed by atoms with Crippen molar-refractivity contribution >= 4 is 29.0 Å². The molecule has 0 radical (unpaired) electrons. The van der Waals surface area contributed by atoms with E-state index in [4.69, 9.17) is 0 Å². The molecular formula is C21H19N5OS2. The van der Waals surface area contributed by atoms with E-state index in [1.807, 2.05) is 55.6 Å². The summed E-state index contributed by atoms with van der Waals surface area (Å²) in [5, 5.41) is 10.2. The molecule has 29 heavy (non-hydrogen) atoms. The Morgan fingerprint density at radius 2 is 2.07 bits per heavy atom. The molecule has 1 amide bonds. The summed E-state index contributed by atoms with van der Waals surface area (Å²) < 4.78 is 1.69. The molecule has 4 aromatic rings. The number of aromatic nitrogens is 4. The molecule has 1 N–H and O–H groups in total. The van der Waals surface area contributed by atoms with E-state index in [1.54, 1.807) is 40.2 Å². The Bertz CT molecular complexity index is 1070. The maximum absolute atomic E-state index is 12.4. The smallest absolute Gasteiger partial charge is 0.251 e. The number of thioether (sulfide) groups is 1. The fourth-order valence-corrected chi connectivity index (χ4v) is 4.19. The first-order chi connectivity index (χ1) is 14.2. The van der Waals surface area contributed by atoms with Crippen LogP contribution < -0.4 is 5.32 Å². The summed E-state index contributed by atoms with van der Waals surface area (Å²) in [6.07, 6.45) is 5.29. The number of amides is 1. The highest BCUT2D eigenvalue weighted by Crippen LogP contribution is 2.23. The zero-order valence-electron chi connectivity index (χ0n) is 15.8. The van der Waals surface area contributed by atoms with Crippen LogP contribution in [0.1, 0.15) is 26.6 Å². The summed E-state index contributed by atoms with van der Waals surface area (Å²) in [4.78, 5) is 22.4. The number of pyridine rings is 1. The predicted octanol–water partition coefficient (Wildman–Crippen LogP) is 4.25. The van der Waals surface area contributed by atoms with Gasteiger partial charge in [0.1, 0.15) is 0 Å². The Morgan fingerprint density at radius 1 is 1.21 bits per heavy atom. The van der Waals surface area contributed by atoms with Crippen LogP contribution in [-0.2, 0) is 12.3 Å². The first-order valence-corrected chi connectivity index (χ1v) is 10.9.